The fourth-order valence-corrected chi connectivity index (χ4v) is 2.87. The lowest BCUT2D eigenvalue weighted by atomic mass is 10.1. The Bertz CT molecular complexity index is 781. The van der Waals surface area contributed by atoms with E-state index in [0.717, 1.165) is 41.8 Å². The number of rotatable bonds is 9. The first-order valence-corrected chi connectivity index (χ1v) is 9.02. The highest BCUT2D eigenvalue weighted by Gasteiger charge is 2.15. The molecule has 1 aromatic heterocycles. The topological polar surface area (TPSA) is 84.2 Å². The summed E-state index contributed by atoms with van der Waals surface area (Å²) < 4.78 is 1.81. The van der Waals surface area contributed by atoms with Crippen LogP contribution in [0.25, 0.3) is 5.69 Å². The van der Waals surface area contributed by atoms with Crippen LogP contribution in [0.4, 0.5) is 0 Å². The van der Waals surface area contributed by atoms with Gasteiger partial charge >= 0.3 is 5.97 Å². The summed E-state index contributed by atoms with van der Waals surface area (Å²) in [4.78, 5) is 22.8. The van der Waals surface area contributed by atoms with Gasteiger partial charge in [0.2, 0.25) is 0 Å². The van der Waals surface area contributed by atoms with Crippen LogP contribution in [0.5, 0.6) is 0 Å². The van der Waals surface area contributed by atoms with Crippen LogP contribution in [0.1, 0.15) is 59.3 Å². The lowest BCUT2D eigenvalue weighted by Crippen LogP contribution is -2.25. The molecule has 0 unspecified atom stereocenters. The summed E-state index contributed by atoms with van der Waals surface area (Å²) in [6.07, 6.45) is 5.13. The molecule has 0 bridgehead atoms. The van der Waals surface area contributed by atoms with E-state index in [1.807, 2.05) is 25.5 Å². The molecule has 6 heteroatoms. The molecule has 2 N–H and O–H groups in total. The molecule has 0 spiro atoms. The van der Waals surface area contributed by atoms with Gasteiger partial charge in [-0.25, -0.2) is 4.68 Å². The molecule has 1 heterocycles. The molecule has 1 aromatic carbocycles. The Hall–Kier alpha value is -2.63. The second kappa shape index (κ2) is 9.17. The molecule has 26 heavy (non-hydrogen) atoms. The van der Waals surface area contributed by atoms with Crippen LogP contribution in [0, 0.1) is 20.8 Å². The van der Waals surface area contributed by atoms with Crippen molar-refractivity contribution in [3.63, 3.8) is 0 Å². The quantitative estimate of drug-likeness (QED) is 0.672. The summed E-state index contributed by atoms with van der Waals surface area (Å²) in [5.74, 6) is -0.876. The van der Waals surface area contributed by atoms with Gasteiger partial charge in [-0.2, -0.15) is 5.10 Å². The van der Waals surface area contributed by atoms with E-state index in [4.69, 9.17) is 5.11 Å². The van der Waals surface area contributed by atoms with Crippen LogP contribution in [0.3, 0.4) is 0 Å². The molecular formula is C20H27N3O3. The number of nitrogens with one attached hydrogen (secondary N) is 1. The Morgan fingerprint density at radius 3 is 2.58 bits per heavy atom. The Morgan fingerprint density at radius 1 is 1.12 bits per heavy atom. The number of aromatic nitrogens is 2. The van der Waals surface area contributed by atoms with Crippen molar-refractivity contribution < 1.29 is 14.7 Å². The molecule has 2 rings (SSSR count). The molecule has 1 amide bonds. The first kappa shape index (κ1) is 19.7. The molecular weight excluding hydrogens is 330 g/mol. The number of hydrogen-bond donors (Lipinski definition) is 2. The molecule has 0 aliphatic carbocycles. The Kier molecular flexibility index (Phi) is 6.95. The van der Waals surface area contributed by atoms with E-state index in [1.54, 1.807) is 6.20 Å². The van der Waals surface area contributed by atoms with Crippen molar-refractivity contribution in [1.82, 2.24) is 15.1 Å². The zero-order valence-electron chi connectivity index (χ0n) is 15.7. The van der Waals surface area contributed by atoms with Crippen molar-refractivity contribution in [2.24, 2.45) is 0 Å². The monoisotopic (exact) mass is 357 g/mol. The van der Waals surface area contributed by atoms with Gasteiger partial charge in [-0.3, -0.25) is 9.59 Å². The van der Waals surface area contributed by atoms with Crippen LogP contribution >= 0.6 is 0 Å². The fourth-order valence-electron chi connectivity index (χ4n) is 2.87. The average molecular weight is 357 g/mol. The first-order valence-electron chi connectivity index (χ1n) is 9.02. The molecule has 0 aliphatic rings. The van der Waals surface area contributed by atoms with E-state index in [2.05, 4.69) is 28.6 Å². The van der Waals surface area contributed by atoms with E-state index >= 15 is 0 Å². The molecule has 2 aromatic rings. The van der Waals surface area contributed by atoms with E-state index in [9.17, 15) is 9.59 Å². The molecule has 0 fully saturated rings. The molecule has 0 atom stereocenters. The van der Waals surface area contributed by atoms with Crippen molar-refractivity contribution >= 4 is 11.9 Å². The maximum absolute atomic E-state index is 12.4. The SMILES string of the molecule is Cc1ccc(C)c(-n2ncc(C(=O)NCCCCCCC(=O)O)c2C)c1. The second-order valence-electron chi connectivity index (χ2n) is 6.66. The molecule has 6 nitrogen and oxygen atoms in total. The van der Waals surface area contributed by atoms with E-state index in [0.29, 0.717) is 18.5 Å². The van der Waals surface area contributed by atoms with Crippen molar-refractivity contribution in [1.29, 1.82) is 0 Å². The first-order chi connectivity index (χ1) is 12.4. The summed E-state index contributed by atoms with van der Waals surface area (Å²) in [6, 6.07) is 6.17. The summed E-state index contributed by atoms with van der Waals surface area (Å²) in [5.41, 5.74) is 4.64. The largest absolute Gasteiger partial charge is 0.481 e. The maximum Gasteiger partial charge on any atom is 0.303 e. The van der Waals surface area contributed by atoms with Gasteiger partial charge in [0.15, 0.2) is 0 Å². The van der Waals surface area contributed by atoms with Crippen LogP contribution in [-0.2, 0) is 4.79 Å². The highest BCUT2D eigenvalue weighted by Crippen LogP contribution is 2.19. The number of carbonyl (C=O) groups is 2. The third kappa shape index (κ3) is 5.18. The zero-order chi connectivity index (χ0) is 19.1. The van der Waals surface area contributed by atoms with Crippen LogP contribution in [0.15, 0.2) is 24.4 Å². The number of nitrogens with zero attached hydrogens (tertiary/aromatic N) is 2. The summed E-state index contributed by atoms with van der Waals surface area (Å²) in [5, 5.41) is 15.9. The van der Waals surface area contributed by atoms with E-state index in [1.165, 1.54) is 0 Å². The highest BCUT2D eigenvalue weighted by atomic mass is 16.4. The minimum absolute atomic E-state index is 0.121. The summed E-state index contributed by atoms with van der Waals surface area (Å²) >= 11 is 0. The second-order valence-corrected chi connectivity index (χ2v) is 6.66. The number of unbranched alkanes of at least 4 members (excludes halogenated alkanes) is 3. The molecule has 0 saturated heterocycles. The van der Waals surface area contributed by atoms with Crippen LogP contribution in [0.2, 0.25) is 0 Å². The van der Waals surface area contributed by atoms with Gasteiger partial charge in [0.05, 0.1) is 23.1 Å². The fraction of sp³-hybridized carbons (Fsp3) is 0.450. The Labute approximate surface area is 154 Å². The van der Waals surface area contributed by atoms with Crippen molar-refractivity contribution in [3.05, 3.63) is 46.8 Å². The summed E-state index contributed by atoms with van der Waals surface area (Å²) in [6.45, 7) is 6.54. The lowest BCUT2D eigenvalue weighted by Gasteiger charge is -2.10. The van der Waals surface area contributed by atoms with Crippen molar-refractivity contribution in [2.45, 2.75) is 52.9 Å². The molecule has 0 saturated carbocycles. The minimum Gasteiger partial charge on any atom is -0.481 e. The van der Waals surface area contributed by atoms with Crippen molar-refractivity contribution in [3.8, 4) is 5.69 Å². The number of carboxylic acids is 1. The maximum atomic E-state index is 12.4. The zero-order valence-corrected chi connectivity index (χ0v) is 15.7. The molecule has 0 aliphatic heterocycles. The predicted molar refractivity (Wildman–Crippen MR) is 101 cm³/mol. The van der Waals surface area contributed by atoms with Gasteiger partial charge in [-0.1, -0.05) is 25.0 Å². The smallest absolute Gasteiger partial charge is 0.303 e. The number of carboxylic acid groups (broad SMARTS) is 1. The third-order valence-electron chi connectivity index (χ3n) is 4.45. The van der Waals surface area contributed by atoms with Crippen LogP contribution in [-0.4, -0.2) is 33.3 Å². The average Bonchev–Trinajstić information content (AvgIpc) is 2.97. The van der Waals surface area contributed by atoms with E-state index < -0.39 is 5.97 Å². The van der Waals surface area contributed by atoms with E-state index in [-0.39, 0.29) is 12.3 Å². The van der Waals surface area contributed by atoms with Gasteiger partial charge in [0, 0.05) is 13.0 Å². The normalized spacial score (nSPS) is 10.7. The number of benzene rings is 1. The predicted octanol–water partition coefficient (Wildman–Crippen LogP) is 3.56. The van der Waals surface area contributed by atoms with Gasteiger partial charge in [0.1, 0.15) is 0 Å². The van der Waals surface area contributed by atoms with Gasteiger partial charge < -0.3 is 10.4 Å². The van der Waals surface area contributed by atoms with Gasteiger partial charge in [0.25, 0.3) is 5.91 Å². The summed E-state index contributed by atoms with van der Waals surface area (Å²) in [7, 11) is 0. The Balaban J connectivity index is 1.90. The Morgan fingerprint density at radius 2 is 1.85 bits per heavy atom. The number of carbonyl (C=O) groups excluding carboxylic acids is 1. The standard InChI is InChI=1S/C20H27N3O3/c1-14-9-10-15(2)18(12-14)23-16(3)17(13-22-23)20(26)21-11-7-5-4-6-8-19(24)25/h9-10,12-13H,4-8,11H2,1-3H3,(H,21,26)(H,24,25). The number of aryl methyl sites for hydroxylation is 2. The minimum atomic E-state index is -0.755. The number of aliphatic carboxylic acids is 1. The van der Waals surface area contributed by atoms with Crippen molar-refractivity contribution in [2.75, 3.05) is 6.54 Å². The van der Waals surface area contributed by atoms with Gasteiger partial charge in [-0.15, -0.1) is 0 Å². The lowest BCUT2D eigenvalue weighted by molar-refractivity contribution is -0.137. The van der Waals surface area contributed by atoms with Crippen LogP contribution < -0.4 is 5.32 Å². The van der Waals surface area contributed by atoms with Gasteiger partial charge in [-0.05, 0) is 50.8 Å². The molecule has 0 radical (unpaired) electrons. The third-order valence-corrected chi connectivity index (χ3v) is 4.45. The molecule has 140 valence electrons. The number of hydrogen-bond acceptors (Lipinski definition) is 3. The number of amides is 1. The highest BCUT2D eigenvalue weighted by molar-refractivity contribution is 5.95.